The number of aryl methyl sites for hydroxylation is 1. The minimum Gasteiger partial charge on any atom is -0.492 e. The molecule has 0 aliphatic carbocycles. The maximum atomic E-state index is 13.1. The fourth-order valence-electron chi connectivity index (χ4n) is 4.92. The topological polar surface area (TPSA) is 80.8 Å². The van der Waals surface area contributed by atoms with Gasteiger partial charge in [-0.1, -0.05) is 18.6 Å². The molecule has 1 fully saturated rings. The minimum absolute atomic E-state index is 0.0660. The Labute approximate surface area is 214 Å². The third kappa shape index (κ3) is 6.60. The van der Waals surface area contributed by atoms with Crippen LogP contribution in [-0.2, 0) is 10.9 Å². The van der Waals surface area contributed by atoms with Crippen molar-refractivity contribution in [1.29, 1.82) is 0 Å². The number of nitrogens with one attached hydrogen (secondary N) is 1. The van der Waals surface area contributed by atoms with Crippen LogP contribution >= 0.6 is 0 Å². The van der Waals surface area contributed by atoms with Crippen molar-refractivity contribution < 1.29 is 32.2 Å². The van der Waals surface area contributed by atoms with Gasteiger partial charge in [0.2, 0.25) is 0 Å². The number of piperidine rings is 1. The highest BCUT2D eigenvalue weighted by Gasteiger charge is 2.38. The number of hydrogen-bond acceptors (Lipinski definition) is 5. The summed E-state index contributed by atoms with van der Waals surface area (Å²) < 4.78 is 50.8. The van der Waals surface area contributed by atoms with Crippen molar-refractivity contribution in [3.8, 4) is 5.75 Å². The molecule has 10 heteroatoms. The van der Waals surface area contributed by atoms with Crippen LogP contribution in [0.1, 0.15) is 64.2 Å². The summed E-state index contributed by atoms with van der Waals surface area (Å²) in [4.78, 5) is 31.1. The van der Waals surface area contributed by atoms with Crippen molar-refractivity contribution in [3.63, 3.8) is 0 Å². The van der Waals surface area contributed by atoms with Crippen molar-refractivity contribution in [2.75, 3.05) is 39.5 Å². The predicted octanol–water partition coefficient (Wildman–Crippen LogP) is 4.64. The van der Waals surface area contributed by atoms with E-state index in [1.165, 1.54) is 13.0 Å². The van der Waals surface area contributed by atoms with E-state index >= 15 is 0 Å². The lowest BCUT2D eigenvalue weighted by Crippen LogP contribution is -2.46. The Bertz CT molecular complexity index is 1110. The van der Waals surface area contributed by atoms with Gasteiger partial charge in [0.05, 0.1) is 30.0 Å². The van der Waals surface area contributed by atoms with Gasteiger partial charge in [0.25, 0.3) is 11.8 Å². The average molecular weight is 520 g/mol. The molecule has 2 aromatic rings. The minimum atomic E-state index is -4.56. The van der Waals surface area contributed by atoms with Crippen LogP contribution in [-0.4, -0.2) is 61.2 Å². The van der Waals surface area contributed by atoms with Crippen LogP contribution in [0.15, 0.2) is 36.4 Å². The van der Waals surface area contributed by atoms with Crippen LogP contribution in [0.4, 0.5) is 13.2 Å². The molecule has 2 aliphatic heterocycles. The van der Waals surface area contributed by atoms with E-state index in [1.54, 1.807) is 23.1 Å². The summed E-state index contributed by atoms with van der Waals surface area (Å²) in [7, 11) is 0. The van der Waals surface area contributed by atoms with Crippen LogP contribution < -0.4 is 10.1 Å². The summed E-state index contributed by atoms with van der Waals surface area (Å²) in [6.07, 6.45) is -0.492. The third-order valence-electron chi connectivity index (χ3n) is 7.16. The molecule has 0 radical (unpaired) electrons. The van der Waals surface area contributed by atoms with E-state index in [2.05, 4.69) is 10.3 Å². The van der Waals surface area contributed by atoms with Gasteiger partial charge in [-0.05, 0) is 56.9 Å². The van der Waals surface area contributed by atoms with E-state index in [9.17, 15) is 22.8 Å². The molecule has 37 heavy (non-hydrogen) atoms. The summed E-state index contributed by atoms with van der Waals surface area (Å²) >= 11 is 0. The number of nitrogens with zero attached hydrogens (tertiary/aromatic N) is 2. The van der Waals surface area contributed by atoms with E-state index in [-0.39, 0.29) is 28.5 Å². The first-order chi connectivity index (χ1) is 17.7. The maximum absolute atomic E-state index is 13.1. The number of likely N-dealkylation sites (tertiary alicyclic amines) is 1. The first kappa shape index (κ1) is 26.9. The fourth-order valence-corrected chi connectivity index (χ4v) is 4.92. The van der Waals surface area contributed by atoms with Gasteiger partial charge < -0.3 is 19.7 Å². The number of para-hydroxylation sites is 1. The Hall–Kier alpha value is -3.14. The van der Waals surface area contributed by atoms with Gasteiger partial charge in [-0.15, -0.1) is 0 Å². The maximum Gasteiger partial charge on any atom is 0.433 e. The highest BCUT2D eigenvalue weighted by atomic mass is 19.4. The molecule has 1 aromatic carbocycles. The number of rotatable bonds is 1. The van der Waals surface area contributed by atoms with Crippen LogP contribution in [0.2, 0.25) is 0 Å². The Morgan fingerprint density at radius 3 is 2.54 bits per heavy atom. The van der Waals surface area contributed by atoms with Gasteiger partial charge in [0, 0.05) is 31.7 Å². The predicted molar refractivity (Wildman–Crippen MR) is 130 cm³/mol. The van der Waals surface area contributed by atoms with Crippen LogP contribution in [0.25, 0.3) is 0 Å². The van der Waals surface area contributed by atoms with Gasteiger partial charge in [-0.3, -0.25) is 9.59 Å². The molecule has 3 heterocycles. The second-order valence-electron chi connectivity index (χ2n) is 9.73. The number of fused-ring (bicyclic) bond motifs is 1. The number of halogens is 3. The lowest BCUT2D eigenvalue weighted by atomic mass is 9.75. The normalized spacial score (nSPS) is 19.4. The molecule has 1 aromatic heterocycles. The average Bonchev–Trinajstić information content (AvgIpc) is 2.88. The lowest BCUT2D eigenvalue weighted by Gasteiger charge is -2.42. The molecule has 7 nitrogen and oxygen atoms in total. The molecule has 2 aliphatic rings. The van der Waals surface area contributed by atoms with Crippen molar-refractivity contribution in [1.82, 2.24) is 15.2 Å². The molecule has 0 unspecified atom stereocenters. The van der Waals surface area contributed by atoms with Crippen LogP contribution in [0, 0.1) is 12.3 Å². The van der Waals surface area contributed by atoms with Gasteiger partial charge in [-0.2, -0.15) is 13.2 Å². The molecule has 4 rings (SSSR count). The first-order valence-electron chi connectivity index (χ1n) is 12.6. The van der Waals surface area contributed by atoms with Gasteiger partial charge in [-0.25, -0.2) is 4.98 Å². The molecule has 200 valence electrons. The van der Waals surface area contributed by atoms with Gasteiger partial charge in [0.15, 0.2) is 0 Å². The smallest absolute Gasteiger partial charge is 0.433 e. The molecule has 1 saturated heterocycles. The number of amides is 2. The van der Waals surface area contributed by atoms with E-state index in [0.717, 1.165) is 25.3 Å². The lowest BCUT2D eigenvalue weighted by molar-refractivity contribution is -0.141. The summed E-state index contributed by atoms with van der Waals surface area (Å²) in [5.74, 6) is -0.0145. The summed E-state index contributed by atoms with van der Waals surface area (Å²) in [5, 5.41) is 2.86. The second-order valence-corrected chi connectivity index (χ2v) is 9.73. The monoisotopic (exact) mass is 519 g/mol. The zero-order valence-electron chi connectivity index (χ0n) is 20.9. The summed E-state index contributed by atoms with van der Waals surface area (Å²) in [5.41, 5.74) is -0.487. The van der Waals surface area contributed by atoms with Crippen LogP contribution in [0.5, 0.6) is 5.75 Å². The highest BCUT2D eigenvalue weighted by molar-refractivity contribution is 5.97. The molecule has 2 amide bonds. The Morgan fingerprint density at radius 1 is 1.05 bits per heavy atom. The molecule has 1 N–H and O–H groups in total. The number of ether oxygens (including phenoxy) is 2. The summed E-state index contributed by atoms with van der Waals surface area (Å²) in [6, 6.07) is 9.19. The Balaban J connectivity index is 1.47. The number of benzene rings is 1. The largest absolute Gasteiger partial charge is 0.492 e. The van der Waals surface area contributed by atoms with E-state index in [0.29, 0.717) is 63.6 Å². The van der Waals surface area contributed by atoms with Crippen molar-refractivity contribution in [3.05, 3.63) is 58.9 Å². The number of pyridine rings is 1. The molecule has 0 saturated carbocycles. The molecular formula is C27H32F3N3O4. The standard InChI is InChI=1S/C27H32F3N3O4/c1-19-20(8-9-23(32-19)27(28,29)30)25(35)33-14-11-26(12-15-33)10-4-5-16-36-17-13-31-24(34)21-6-2-3-7-22(21)37-18-26/h2-3,6-9H,4-5,10-18H2,1H3,(H,31,34). The zero-order valence-corrected chi connectivity index (χ0v) is 20.9. The Morgan fingerprint density at radius 2 is 1.81 bits per heavy atom. The SMILES string of the molecule is Cc1nc(C(F)(F)F)ccc1C(=O)N1CCC2(CCCCOCCNC(=O)c3ccccc3OC2)CC1. The van der Waals surface area contributed by atoms with Crippen LogP contribution in [0.3, 0.4) is 0 Å². The molecule has 1 spiro atoms. The zero-order chi connectivity index (χ0) is 26.5. The number of aromatic nitrogens is 1. The molecule has 0 bridgehead atoms. The number of hydrogen-bond donors (Lipinski definition) is 1. The van der Waals surface area contributed by atoms with E-state index < -0.39 is 11.9 Å². The quantitative estimate of drug-likeness (QED) is 0.594. The fraction of sp³-hybridized carbons (Fsp3) is 0.519. The van der Waals surface area contributed by atoms with Crippen molar-refractivity contribution in [2.45, 2.75) is 45.2 Å². The number of carbonyl (C=O) groups excluding carboxylic acids is 2. The molecule has 0 atom stereocenters. The molecular weight excluding hydrogens is 487 g/mol. The highest BCUT2D eigenvalue weighted by Crippen LogP contribution is 2.38. The second kappa shape index (κ2) is 11.5. The van der Waals surface area contributed by atoms with Gasteiger partial charge >= 0.3 is 6.18 Å². The van der Waals surface area contributed by atoms with Crippen molar-refractivity contribution >= 4 is 11.8 Å². The van der Waals surface area contributed by atoms with E-state index in [1.807, 2.05) is 6.07 Å². The number of carbonyl (C=O) groups is 2. The Kier molecular flexibility index (Phi) is 8.36. The van der Waals surface area contributed by atoms with E-state index in [4.69, 9.17) is 9.47 Å². The summed E-state index contributed by atoms with van der Waals surface area (Å²) in [6.45, 7) is 4.22. The first-order valence-corrected chi connectivity index (χ1v) is 12.6. The number of alkyl halides is 3. The van der Waals surface area contributed by atoms with Gasteiger partial charge in [0.1, 0.15) is 11.4 Å². The third-order valence-corrected chi connectivity index (χ3v) is 7.16. The van der Waals surface area contributed by atoms with Crippen molar-refractivity contribution in [2.24, 2.45) is 5.41 Å².